The molecule has 0 fully saturated rings. The molecule has 1 aromatic rings. The van der Waals surface area contributed by atoms with Gasteiger partial charge in [0.15, 0.2) is 0 Å². The summed E-state index contributed by atoms with van der Waals surface area (Å²) in [5.74, 6) is 0.584. The lowest BCUT2D eigenvalue weighted by Crippen LogP contribution is -1.96. The van der Waals surface area contributed by atoms with Gasteiger partial charge in [-0.25, -0.2) is 0 Å². The minimum Gasteiger partial charge on any atom is -0.265 e. The van der Waals surface area contributed by atoms with Crippen LogP contribution in [0.15, 0.2) is 48.8 Å². The number of aromatic nitrogens is 1. The fourth-order valence-corrected chi connectivity index (χ4v) is 1.60. The van der Waals surface area contributed by atoms with Crippen molar-refractivity contribution >= 4 is 0 Å². The maximum absolute atomic E-state index is 4.05. The molecule has 0 aliphatic heterocycles. The first-order valence-electron chi connectivity index (χ1n) is 5.50. The molecule has 0 aliphatic carbocycles. The van der Waals surface area contributed by atoms with Crippen LogP contribution in [0, 0.1) is 0 Å². The van der Waals surface area contributed by atoms with Gasteiger partial charge in [-0.3, -0.25) is 4.98 Å². The van der Waals surface area contributed by atoms with Crippen LogP contribution in [0.4, 0.5) is 0 Å². The van der Waals surface area contributed by atoms with Gasteiger partial charge in [-0.2, -0.15) is 0 Å². The van der Waals surface area contributed by atoms with Gasteiger partial charge >= 0.3 is 0 Å². The molecule has 1 heterocycles. The molecule has 0 N–H and O–H groups in total. The van der Waals surface area contributed by atoms with Crippen molar-refractivity contribution in [2.75, 3.05) is 0 Å². The first kappa shape index (κ1) is 11.7. The van der Waals surface area contributed by atoms with Gasteiger partial charge in [-0.05, 0) is 50.3 Å². The molecule has 0 saturated heterocycles. The summed E-state index contributed by atoms with van der Waals surface area (Å²) in [4.78, 5) is 4.05. The Balaban J connectivity index is 2.71. The fourth-order valence-electron chi connectivity index (χ4n) is 1.60. The highest BCUT2D eigenvalue weighted by Crippen LogP contribution is 2.23. The molecular formula is C14H19N. The van der Waals surface area contributed by atoms with Gasteiger partial charge in [0.25, 0.3) is 0 Å². The standard InChI is InChI=1S/C14H19N/c1-3-5-7-13(8-6-4-2)14-9-11-15-12-10-14/h3-6,9-13H,7-8H2,1-2H3/b5-3-,6-4+. The third kappa shape index (κ3) is 4.11. The molecule has 0 radical (unpaired) electrons. The Hall–Kier alpha value is -1.37. The molecule has 1 rings (SSSR count). The summed E-state index contributed by atoms with van der Waals surface area (Å²) >= 11 is 0. The molecule has 0 aromatic carbocycles. The van der Waals surface area contributed by atoms with Crippen LogP contribution in [0.25, 0.3) is 0 Å². The van der Waals surface area contributed by atoms with Crippen LogP contribution >= 0.6 is 0 Å². The van der Waals surface area contributed by atoms with Crippen LogP contribution in [0.2, 0.25) is 0 Å². The average molecular weight is 201 g/mol. The van der Waals surface area contributed by atoms with Crippen LogP contribution in [0.1, 0.15) is 38.2 Å². The number of pyridine rings is 1. The molecule has 1 unspecified atom stereocenters. The first-order valence-corrected chi connectivity index (χ1v) is 5.50. The summed E-state index contributed by atoms with van der Waals surface area (Å²) < 4.78 is 0. The number of nitrogens with zero attached hydrogens (tertiary/aromatic N) is 1. The van der Waals surface area contributed by atoms with Crippen molar-refractivity contribution in [3.8, 4) is 0 Å². The van der Waals surface area contributed by atoms with Crippen LogP contribution in [-0.4, -0.2) is 4.98 Å². The van der Waals surface area contributed by atoms with E-state index in [1.165, 1.54) is 5.56 Å². The number of hydrogen-bond acceptors (Lipinski definition) is 1. The zero-order valence-electron chi connectivity index (χ0n) is 9.56. The van der Waals surface area contributed by atoms with E-state index in [1.807, 2.05) is 12.4 Å². The van der Waals surface area contributed by atoms with E-state index in [0.717, 1.165) is 12.8 Å². The highest BCUT2D eigenvalue weighted by Gasteiger charge is 2.07. The van der Waals surface area contributed by atoms with Gasteiger partial charge in [0, 0.05) is 12.4 Å². The number of rotatable bonds is 5. The molecule has 15 heavy (non-hydrogen) atoms. The van der Waals surface area contributed by atoms with Gasteiger partial charge in [0.2, 0.25) is 0 Å². The van der Waals surface area contributed by atoms with E-state index in [4.69, 9.17) is 0 Å². The number of hydrogen-bond donors (Lipinski definition) is 0. The molecule has 80 valence electrons. The molecular weight excluding hydrogens is 182 g/mol. The second kappa shape index (κ2) is 6.99. The molecule has 1 nitrogen and oxygen atoms in total. The monoisotopic (exact) mass is 201 g/mol. The minimum atomic E-state index is 0.584. The summed E-state index contributed by atoms with van der Waals surface area (Å²) in [6.07, 6.45) is 14.6. The van der Waals surface area contributed by atoms with E-state index in [0.29, 0.717) is 5.92 Å². The van der Waals surface area contributed by atoms with E-state index < -0.39 is 0 Å². The molecule has 1 heteroatoms. The van der Waals surface area contributed by atoms with Crippen LogP contribution in [0.3, 0.4) is 0 Å². The zero-order chi connectivity index (χ0) is 10.9. The average Bonchev–Trinajstić information content (AvgIpc) is 2.30. The Morgan fingerprint density at radius 3 is 2.07 bits per heavy atom. The molecule has 0 saturated carbocycles. The van der Waals surface area contributed by atoms with Crippen molar-refractivity contribution in [2.24, 2.45) is 0 Å². The normalized spacial score (nSPS) is 13.7. The van der Waals surface area contributed by atoms with Crippen LogP contribution in [0.5, 0.6) is 0 Å². The summed E-state index contributed by atoms with van der Waals surface area (Å²) in [5, 5.41) is 0. The Bertz CT molecular complexity index is 297. The van der Waals surface area contributed by atoms with Gasteiger partial charge in [-0.15, -0.1) is 0 Å². The third-order valence-electron chi connectivity index (χ3n) is 2.49. The molecule has 1 aromatic heterocycles. The molecule has 0 bridgehead atoms. The van der Waals surface area contributed by atoms with Crippen molar-refractivity contribution in [3.63, 3.8) is 0 Å². The third-order valence-corrected chi connectivity index (χ3v) is 2.49. The summed E-state index contributed by atoms with van der Waals surface area (Å²) in [6.45, 7) is 4.14. The smallest absolute Gasteiger partial charge is 0.0270 e. The van der Waals surface area contributed by atoms with Crippen LogP contribution < -0.4 is 0 Å². The molecule has 0 aliphatic rings. The van der Waals surface area contributed by atoms with Crippen molar-refractivity contribution < 1.29 is 0 Å². The number of allylic oxidation sites excluding steroid dienone is 4. The Labute approximate surface area is 92.6 Å². The van der Waals surface area contributed by atoms with Crippen molar-refractivity contribution in [1.29, 1.82) is 0 Å². The summed E-state index contributed by atoms with van der Waals surface area (Å²) in [5.41, 5.74) is 1.38. The Kier molecular flexibility index (Phi) is 5.46. The Morgan fingerprint density at radius 2 is 1.60 bits per heavy atom. The lowest BCUT2D eigenvalue weighted by atomic mass is 9.93. The summed E-state index contributed by atoms with van der Waals surface area (Å²) in [7, 11) is 0. The van der Waals surface area contributed by atoms with E-state index in [9.17, 15) is 0 Å². The molecule has 0 amide bonds. The predicted octanol–water partition coefficient (Wildman–Crippen LogP) is 4.10. The maximum Gasteiger partial charge on any atom is 0.0270 e. The maximum atomic E-state index is 4.05. The lowest BCUT2D eigenvalue weighted by molar-refractivity contribution is 0.709. The topological polar surface area (TPSA) is 12.9 Å². The highest BCUT2D eigenvalue weighted by molar-refractivity contribution is 5.18. The zero-order valence-corrected chi connectivity index (χ0v) is 9.56. The van der Waals surface area contributed by atoms with Gasteiger partial charge < -0.3 is 0 Å². The first-order chi connectivity index (χ1) is 7.38. The van der Waals surface area contributed by atoms with Gasteiger partial charge in [0.05, 0.1) is 0 Å². The fraction of sp³-hybridized carbons (Fsp3) is 0.357. The predicted molar refractivity (Wildman–Crippen MR) is 65.8 cm³/mol. The minimum absolute atomic E-state index is 0.584. The van der Waals surface area contributed by atoms with Crippen LogP contribution in [-0.2, 0) is 0 Å². The lowest BCUT2D eigenvalue weighted by Gasteiger charge is -2.12. The van der Waals surface area contributed by atoms with Crippen molar-refractivity contribution in [1.82, 2.24) is 4.98 Å². The largest absolute Gasteiger partial charge is 0.265 e. The second-order valence-corrected chi connectivity index (χ2v) is 3.59. The van der Waals surface area contributed by atoms with Crippen molar-refractivity contribution in [2.45, 2.75) is 32.6 Å². The molecule has 0 spiro atoms. The van der Waals surface area contributed by atoms with E-state index in [1.54, 1.807) is 0 Å². The summed E-state index contributed by atoms with van der Waals surface area (Å²) in [6, 6.07) is 4.22. The van der Waals surface area contributed by atoms with Gasteiger partial charge in [0.1, 0.15) is 0 Å². The SMILES string of the molecule is C/C=C\CC(C/C=C/C)c1ccncc1. The quantitative estimate of drug-likeness (QED) is 0.654. The van der Waals surface area contributed by atoms with E-state index in [2.05, 4.69) is 55.3 Å². The van der Waals surface area contributed by atoms with E-state index in [-0.39, 0.29) is 0 Å². The second-order valence-electron chi connectivity index (χ2n) is 3.59. The molecule has 1 atom stereocenters. The van der Waals surface area contributed by atoms with E-state index >= 15 is 0 Å². The Morgan fingerprint density at radius 1 is 1.07 bits per heavy atom. The van der Waals surface area contributed by atoms with Crippen molar-refractivity contribution in [3.05, 3.63) is 54.4 Å². The van der Waals surface area contributed by atoms with Gasteiger partial charge in [-0.1, -0.05) is 24.3 Å². The highest BCUT2D eigenvalue weighted by atomic mass is 14.6.